The lowest BCUT2D eigenvalue weighted by atomic mass is 10.1. The minimum Gasteiger partial charge on any atom is -0.489 e. The number of urea groups is 1. The molecule has 11 nitrogen and oxygen atoms in total. The molecule has 0 radical (unpaired) electrons. The van der Waals surface area contributed by atoms with Gasteiger partial charge in [0.2, 0.25) is 5.91 Å². The number of hydrogen-bond donors (Lipinski definition) is 3. The number of nitrogens with one attached hydrogen (secondary N) is 2. The van der Waals surface area contributed by atoms with Crippen LogP contribution in [-0.2, 0) is 18.0 Å². The van der Waals surface area contributed by atoms with Gasteiger partial charge < -0.3 is 30.1 Å². The number of aromatic nitrogens is 2. The molecule has 232 valence electrons. The minimum atomic E-state index is -1.21. The second kappa shape index (κ2) is 15.0. The van der Waals surface area contributed by atoms with E-state index in [1.54, 1.807) is 23.4 Å². The molecule has 1 aliphatic rings. The fourth-order valence-electron chi connectivity index (χ4n) is 4.74. The average molecular weight is 630 g/mol. The van der Waals surface area contributed by atoms with Gasteiger partial charge in [0.1, 0.15) is 24.7 Å². The van der Waals surface area contributed by atoms with E-state index in [0.717, 1.165) is 24.1 Å². The van der Waals surface area contributed by atoms with Crippen molar-refractivity contribution >= 4 is 35.2 Å². The zero-order chi connectivity index (χ0) is 31.6. The molecule has 45 heavy (non-hydrogen) atoms. The van der Waals surface area contributed by atoms with E-state index in [-0.39, 0.29) is 23.8 Å². The van der Waals surface area contributed by atoms with E-state index in [4.69, 9.17) is 21.1 Å². The van der Waals surface area contributed by atoms with Crippen LogP contribution in [0.25, 0.3) is 11.4 Å². The number of amides is 3. The van der Waals surface area contributed by atoms with Crippen LogP contribution in [-0.4, -0.2) is 57.5 Å². The van der Waals surface area contributed by atoms with Crippen molar-refractivity contribution in [2.24, 2.45) is 0 Å². The van der Waals surface area contributed by atoms with Crippen molar-refractivity contribution in [1.29, 1.82) is 0 Å². The van der Waals surface area contributed by atoms with E-state index in [2.05, 4.69) is 20.6 Å². The SMILES string of the molecule is O=C(NCCCN1CCCC1=O)Nc1ccc(OCc2cnc(-c3cccc(OCc4cccc(Cl)c4)c3)nc2)cc1C(=O)O. The number of aromatic carboxylic acids is 1. The van der Waals surface area contributed by atoms with E-state index in [1.165, 1.54) is 12.1 Å². The predicted molar refractivity (Wildman–Crippen MR) is 168 cm³/mol. The molecule has 3 N–H and O–H groups in total. The molecule has 1 saturated heterocycles. The van der Waals surface area contributed by atoms with Gasteiger partial charge in [0.05, 0.1) is 11.3 Å². The fraction of sp³-hybridized carbons (Fsp3) is 0.242. The van der Waals surface area contributed by atoms with Crippen molar-refractivity contribution in [1.82, 2.24) is 20.2 Å². The first-order valence-electron chi connectivity index (χ1n) is 14.5. The van der Waals surface area contributed by atoms with Gasteiger partial charge in [0.25, 0.3) is 0 Å². The average Bonchev–Trinajstić information content (AvgIpc) is 3.46. The molecule has 0 bridgehead atoms. The Kier molecular flexibility index (Phi) is 10.4. The summed E-state index contributed by atoms with van der Waals surface area (Å²) in [5, 5.41) is 15.6. The number of carbonyl (C=O) groups excluding carboxylic acids is 2. The monoisotopic (exact) mass is 629 g/mol. The third-order valence-corrected chi connectivity index (χ3v) is 7.26. The highest BCUT2D eigenvalue weighted by Crippen LogP contribution is 2.25. The zero-order valence-corrected chi connectivity index (χ0v) is 25.1. The largest absolute Gasteiger partial charge is 0.489 e. The summed E-state index contributed by atoms with van der Waals surface area (Å²) < 4.78 is 11.7. The van der Waals surface area contributed by atoms with Gasteiger partial charge in [-0.2, -0.15) is 0 Å². The summed E-state index contributed by atoms with van der Waals surface area (Å²) in [6.45, 7) is 2.15. The molecule has 5 rings (SSSR count). The number of carbonyl (C=O) groups is 3. The normalized spacial score (nSPS) is 12.6. The number of benzene rings is 3. The van der Waals surface area contributed by atoms with Crippen LogP contribution in [0.1, 0.15) is 40.7 Å². The second-order valence-electron chi connectivity index (χ2n) is 10.4. The summed E-state index contributed by atoms with van der Waals surface area (Å²) in [6.07, 6.45) is 5.32. The number of nitrogens with zero attached hydrogens (tertiary/aromatic N) is 3. The standard InChI is InChI=1S/C33H32ClN5O6/c34-25-7-1-5-22(15-25)20-44-26-8-2-6-24(16-26)31-36-18-23(19-37-31)21-45-27-10-11-29(28(17-27)32(41)42)38-33(43)35-12-4-14-39-13-3-9-30(39)40/h1-2,5-8,10-11,15-19H,3-4,9,12-14,20-21H2,(H,41,42)(H2,35,38,43). The van der Waals surface area contributed by atoms with Crippen molar-refractivity contribution in [3.63, 3.8) is 0 Å². The van der Waals surface area contributed by atoms with Crippen LogP contribution in [0.4, 0.5) is 10.5 Å². The van der Waals surface area contributed by atoms with E-state index >= 15 is 0 Å². The first-order valence-corrected chi connectivity index (χ1v) is 14.8. The molecule has 4 aromatic rings. The Bertz CT molecular complexity index is 1670. The lowest BCUT2D eigenvalue weighted by molar-refractivity contribution is -0.127. The molecule has 0 unspecified atom stereocenters. The molecule has 3 amide bonds. The topological polar surface area (TPSA) is 143 Å². The quantitative estimate of drug-likeness (QED) is 0.158. The molecule has 0 saturated carbocycles. The molecule has 12 heteroatoms. The molecular weight excluding hydrogens is 598 g/mol. The molecule has 2 heterocycles. The fourth-order valence-corrected chi connectivity index (χ4v) is 4.95. The number of likely N-dealkylation sites (tertiary alicyclic amines) is 1. The Morgan fingerprint density at radius 1 is 0.933 bits per heavy atom. The van der Waals surface area contributed by atoms with Crippen LogP contribution in [0.2, 0.25) is 5.02 Å². The van der Waals surface area contributed by atoms with Crippen LogP contribution in [0.15, 0.2) is 79.1 Å². The molecule has 0 spiro atoms. The van der Waals surface area contributed by atoms with Crippen molar-refractivity contribution in [2.45, 2.75) is 32.5 Å². The van der Waals surface area contributed by atoms with E-state index in [0.29, 0.717) is 60.4 Å². The number of rotatable bonds is 13. The number of hydrogen-bond acceptors (Lipinski definition) is 7. The van der Waals surface area contributed by atoms with Gasteiger partial charge in [-0.1, -0.05) is 35.9 Å². The van der Waals surface area contributed by atoms with Crippen LogP contribution < -0.4 is 20.1 Å². The molecule has 0 atom stereocenters. The molecule has 1 fully saturated rings. The lowest BCUT2D eigenvalue weighted by Crippen LogP contribution is -2.33. The van der Waals surface area contributed by atoms with E-state index in [9.17, 15) is 19.5 Å². The number of ether oxygens (including phenoxy) is 2. The van der Waals surface area contributed by atoms with Crippen LogP contribution >= 0.6 is 11.6 Å². The number of carboxylic acids is 1. The summed E-state index contributed by atoms with van der Waals surface area (Å²) in [5.74, 6) is 0.412. The Morgan fingerprint density at radius 3 is 2.42 bits per heavy atom. The van der Waals surface area contributed by atoms with Gasteiger partial charge in [0, 0.05) is 54.6 Å². The summed E-state index contributed by atoms with van der Waals surface area (Å²) in [7, 11) is 0. The van der Waals surface area contributed by atoms with Gasteiger partial charge in [-0.05, 0) is 60.9 Å². The van der Waals surface area contributed by atoms with Gasteiger partial charge >= 0.3 is 12.0 Å². The van der Waals surface area contributed by atoms with Crippen LogP contribution in [0, 0.1) is 0 Å². The van der Waals surface area contributed by atoms with Gasteiger partial charge in [0.15, 0.2) is 5.82 Å². The first-order chi connectivity index (χ1) is 21.8. The van der Waals surface area contributed by atoms with Crippen molar-refractivity contribution < 1.29 is 29.0 Å². The Morgan fingerprint density at radius 2 is 1.69 bits per heavy atom. The Balaban J connectivity index is 1.12. The van der Waals surface area contributed by atoms with E-state index in [1.807, 2.05) is 48.5 Å². The second-order valence-corrected chi connectivity index (χ2v) is 10.8. The Labute approximate surface area is 265 Å². The third-order valence-electron chi connectivity index (χ3n) is 7.03. The lowest BCUT2D eigenvalue weighted by Gasteiger charge is -2.16. The minimum absolute atomic E-state index is 0.106. The van der Waals surface area contributed by atoms with Crippen molar-refractivity contribution in [2.75, 3.05) is 25.0 Å². The highest BCUT2D eigenvalue weighted by molar-refractivity contribution is 6.30. The molecule has 1 aromatic heterocycles. The highest BCUT2D eigenvalue weighted by atomic mass is 35.5. The van der Waals surface area contributed by atoms with E-state index < -0.39 is 12.0 Å². The summed E-state index contributed by atoms with van der Waals surface area (Å²) in [5.41, 5.74) is 2.44. The summed E-state index contributed by atoms with van der Waals surface area (Å²) >= 11 is 6.05. The molecule has 3 aromatic carbocycles. The number of anilines is 1. The number of carboxylic acid groups (broad SMARTS) is 1. The smallest absolute Gasteiger partial charge is 0.337 e. The van der Waals surface area contributed by atoms with Crippen molar-refractivity contribution in [3.05, 3.63) is 101 Å². The third kappa shape index (κ3) is 8.93. The predicted octanol–water partition coefficient (Wildman–Crippen LogP) is 5.79. The zero-order valence-electron chi connectivity index (χ0n) is 24.4. The van der Waals surface area contributed by atoms with Gasteiger partial charge in [-0.15, -0.1) is 0 Å². The first kappa shape index (κ1) is 31.3. The number of halogens is 1. The summed E-state index contributed by atoms with van der Waals surface area (Å²) in [6, 6.07) is 18.8. The highest BCUT2D eigenvalue weighted by Gasteiger charge is 2.19. The van der Waals surface area contributed by atoms with Crippen LogP contribution in [0.5, 0.6) is 11.5 Å². The molecular formula is C33H32ClN5O6. The maximum atomic E-state index is 12.3. The Hall–Kier alpha value is -5.16. The molecule has 0 aliphatic carbocycles. The summed E-state index contributed by atoms with van der Waals surface area (Å²) in [4.78, 5) is 46.6. The van der Waals surface area contributed by atoms with Gasteiger partial charge in [-0.3, -0.25) is 4.79 Å². The van der Waals surface area contributed by atoms with Crippen molar-refractivity contribution in [3.8, 4) is 22.9 Å². The van der Waals surface area contributed by atoms with Crippen LogP contribution in [0.3, 0.4) is 0 Å². The maximum Gasteiger partial charge on any atom is 0.337 e. The molecule has 1 aliphatic heterocycles. The van der Waals surface area contributed by atoms with Gasteiger partial charge in [-0.25, -0.2) is 19.6 Å². The maximum absolute atomic E-state index is 12.3.